The summed E-state index contributed by atoms with van der Waals surface area (Å²) in [4.78, 5) is 0. The zero-order valence-corrected chi connectivity index (χ0v) is 15.3. The highest BCUT2D eigenvalue weighted by Gasteiger charge is 2.40. The van der Waals surface area contributed by atoms with Gasteiger partial charge in [0.15, 0.2) is 6.29 Å². The van der Waals surface area contributed by atoms with Crippen molar-refractivity contribution in [3.63, 3.8) is 0 Å². The van der Waals surface area contributed by atoms with Crippen LogP contribution in [0, 0.1) is 29.6 Å². The van der Waals surface area contributed by atoms with Crippen LogP contribution in [0.3, 0.4) is 0 Å². The van der Waals surface area contributed by atoms with E-state index in [1.165, 1.54) is 37.7 Å². The third-order valence-corrected chi connectivity index (χ3v) is 7.03. The molecular formula is C20H33BO2. The first-order valence-electron chi connectivity index (χ1n) is 9.59. The van der Waals surface area contributed by atoms with Gasteiger partial charge in [-0.25, -0.2) is 0 Å². The molecule has 0 heterocycles. The second kappa shape index (κ2) is 7.05. The van der Waals surface area contributed by atoms with Gasteiger partial charge in [0.1, 0.15) is 7.85 Å². The van der Waals surface area contributed by atoms with Crippen LogP contribution < -0.4 is 0 Å². The Bertz CT molecular complexity index is 496. The molecule has 23 heavy (non-hydrogen) atoms. The van der Waals surface area contributed by atoms with Crippen molar-refractivity contribution in [1.29, 1.82) is 0 Å². The molecular weight excluding hydrogens is 283 g/mol. The first-order valence-corrected chi connectivity index (χ1v) is 9.59. The van der Waals surface area contributed by atoms with Crippen LogP contribution in [-0.4, -0.2) is 19.2 Å². The molecule has 1 N–H and O–H groups in total. The van der Waals surface area contributed by atoms with Crippen LogP contribution in [0.15, 0.2) is 22.9 Å². The van der Waals surface area contributed by atoms with E-state index in [0.29, 0.717) is 17.8 Å². The Labute approximate surface area is 142 Å². The minimum absolute atomic E-state index is 0.614. The van der Waals surface area contributed by atoms with Crippen molar-refractivity contribution in [2.45, 2.75) is 72.0 Å². The lowest BCUT2D eigenvalue weighted by Crippen LogP contribution is -2.19. The number of fused-ring (bicyclic) bond motifs is 2. The van der Waals surface area contributed by atoms with E-state index in [1.54, 1.807) is 11.0 Å². The number of rotatable bonds is 6. The van der Waals surface area contributed by atoms with E-state index in [4.69, 9.17) is 4.74 Å². The number of hydrogen-bond donors (Lipinski definition) is 1. The summed E-state index contributed by atoms with van der Waals surface area (Å²) in [7, 11) is 2.27. The summed E-state index contributed by atoms with van der Waals surface area (Å²) in [5.41, 5.74) is 4.39. The zero-order valence-electron chi connectivity index (χ0n) is 15.3. The smallest absolute Gasteiger partial charge is 0.196 e. The molecule has 0 aromatic carbocycles. The van der Waals surface area contributed by atoms with Gasteiger partial charge < -0.3 is 9.84 Å². The molecule has 3 heteroatoms. The highest BCUT2D eigenvalue weighted by Crippen LogP contribution is 2.50. The summed E-state index contributed by atoms with van der Waals surface area (Å²) in [6, 6.07) is 0. The van der Waals surface area contributed by atoms with Gasteiger partial charge in [0.25, 0.3) is 0 Å². The van der Waals surface area contributed by atoms with Crippen molar-refractivity contribution in [2.75, 3.05) is 0 Å². The standard InChI is InChI=1S/C20H33BO2/c1-12(6-17-7-13(2)20(21)14(17)3)11-23-19(22)10-18-9-15-4-5-16(18)8-15/h11,14-19,22H,4-10,21H2,1-3H3/b12-11+. The van der Waals surface area contributed by atoms with Crippen molar-refractivity contribution in [3.8, 4) is 0 Å². The van der Waals surface area contributed by atoms with Gasteiger partial charge in [-0.3, -0.25) is 0 Å². The zero-order chi connectivity index (χ0) is 16.6. The summed E-state index contributed by atoms with van der Waals surface area (Å²) >= 11 is 0. The molecule has 2 saturated carbocycles. The molecule has 0 aromatic rings. The molecule has 6 unspecified atom stereocenters. The van der Waals surface area contributed by atoms with E-state index in [2.05, 4.69) is 28.6 Å². The Morgan fingerprint density at radius 3 is 2.70 bits per heavy atom. The van der Waals surface area contributed by atoms with E-state index in [-0.39, 0.29) is 0 Å². The van der Waals surface area contributed by atoms with E-state index in [9.17, 15) is 5.11 Å². The van der Waals surface area contributed by atoms with E-state index in [1.807, 2.05) is 6.26 Å². The van der Waals surface area contributed by atoms with Crippen LogP contribution in [0.25, 0.3) is 0 Å². The van der Waals surface area contributed by atoms with Gasteiger partial charge in [-0.1, -0.05) is 18.9 Å². The maximum atomic E-state index is 10.2. The van der Waals surface area contributed by atoms with Gasteiger partial charge in [-0.15, -0.1) is 5.47 Å². The van der Waals surface area contributed by atoms with Crippen molar-refractivity contribution in [2.24, 2.45) is 29.6 Å². The quantitative estimate of drug-likeness (QED) is 0.456. The Kier molecular flexibility index (Phi) is 5.25. The van der Waals surface area contributed by atoms with Crippen LogP contribution in [0.1, 0.15) is 65.7 Å². The van der Waals surface area contributed by atoms with E-state index in [0.717, 1.165) is 24.7 Å². The molecule has 0 saturated heterocycles. The van der Waals surface area contributed by atoms with Crippen molar-refractivity contribution < 1.29 is 9.84 Å². The molecule has 2 nitrogen and oxygen atoms in total. The fraction of sp³-hybridized carbons (Fsp3) is 0.800. The first kappa shape index (κ1) is 17.1. The number of hydrogen-bond acceptors (Lipinski definition) is 2. The minimum atomic E-state index is -0.614. The lowest BCUT2D eigenvalue weighted by Gasteiger charge is -2.24. The molecule has 0 aliphatic heterocycles. The Hall–Kier alpha value is -0.695. The van der Waals surface area contributed by atoms with Gasteiger partial charge in [0, 0.05) is 6.42 Å². The average Bonchev–Trinajstić information content (AvgIpc) is 3.18. The van der Waals surface area contributed by atoms with E-state index < -0.39 is 6.29 Å². The van der Waals surface area contributed by atoms with Crippen LogP contribution in [0.2, 0.25) is 0 Å². The lowest BCUT2D eigenvalue weighted by atomic mass is 9.80. The fourth-order valence-electron chi connectivity index (χ4n) is 5.36. The largest absolute Gasteiger partial charge is 0.473 e. The van der Waals surface area contributed by atoms with E-state index >= 15 is 0 Å². The van der Waals surface area contributed by atoms with Gasteiger partial charge in [0.05, 0.1) is 6.26 Å². The SMILES string of the molecule is BC1=C(C)CC(C/C(C)=C/OC(O)CC2CC3CCC2C3)C1C. The van der Waals surface area contributed by atoms with Gasteiger partial charge in [0.2, 0.25) is 0 Å². The molecule has 3 aliphatic carbocycles. The fourth-order valence-corrected chi connectivity index (χ4v) is 5.36. The highest BCUT2D eigenvalue weighted by atomic mass is 16.6. The molecule has 0 radical (unpaired) electrons. The Morgan fingerprint density at radius 1 is 1.35 bits per heavy atom. The number of ether oxygens (including phenoxy) is 1. The predicted molar refractivity (Wildman–Crippen MR) is 97.5 cm³/mol. The summed E-state index contributed by atoms with van der Waals surface area (Å²) in [6.07, 6.45) is 9.85. The Balaban J connectivity index is 1.42. The monoisotopic (exact) mass is 316 g/mol. The lowest BCUT2D eigenvalue weighted by molar-refractivity contribution is -0.0713. The maximum absolute atomic E-state index is 10.2. The van der Waals surface area contributed by atoms with Crippen molar-refractivity contribution in [3.05, 3.63) is 22.9 Å². The molecule has 0 spiro atoms. The van der Waals surface area contributed by atoms with Gasteiger partial charge in [-0.05, 0) is 81.1 Å². The molecule has 0 aromatic heterocycles. The molecule has 6 atom stereocenters. The third-order valence-electron chi connectivity index (χ3n) is 7.03. The normalized spacial score (nSPS) is 38.4. The van der Waals surface area contributed by atoms with Crippen molar-refractivity contribution >= 4 is 7.85 Å². The number of aliphatic hydroxyl groups excluding tert-OH is 1. The maximum Gasteiger partial charge on any atom is 0.196 e. The highest BCUT2D eigenvalue weighted by molar-refractivity contribution is 6.22. The van der Waals surface area contributed by atoms with Crippen LogP contribution in [0.5, 0.6) is 0 Å². The Morgan fingerprint density at radius 2 is 2.13 bits per heavy atom. The molecule has 2 bridgehead atoms. The van der Waals surface area contributed by atoms with Crippen LogP contribution in [0.4, 0.5) is 0 Å². The predicted octanol–water partition coefficient (Wildman–Crippen LogP) is 4.00. The average molecular weight is 316 g/mol. The molecule has 128 valence electrons. The third kappa shape index (κ3) is 3.87. The van der Waals surface area contributed by atoms with Gasteiger partial charge in [-0.2, -0.15) is 0 Å². The summed E-state index contributed by atoms with van der Waals surface area (Å²) < 4.78 is 5.65. The van der Waals surface area contributed by atoms with Crippen molar-refractivity contribution in [1.82, 2.24) is 0 Å². The number of allylic oxidation sites excluding steroid dienone is 3. The molecule has 0 amide bonds. The second-order valence-electron chi connectivity index (χ2n) is 8.65. The minimum Gasteiger partial charge on any atom is -0.473 e. The van der Waals surface area contributed by atoms with Crippen LogP contribution >= 0.6 is 0 Å². The molecule has 3 aliphatic rings. The summed E-state index contributed by atoms with van der Waals surface area (Å²) in [6.45, 7) is 6.75. The summed E-state index contributed by atoms with van der Waals surface area (Å²) in [5.74, 6) is 3.88. The second-order valence-corrected chi connectivity index (χ2v) is 8.65. The molecule has 3 rings (SSSR count). The van der Waals surface area contributed by atoms with Gasteiger partial charge >= 0.3 is 0 Å². The number of aliphatic hydroxyl groups is 1. The van der Waals surface area contributed by atoms with Crippen LogP contribution in [-0.2, 0) is 4.74 Å². The first-order chi connectivity index (χ1) is 10.9. The summed E-state index contributed by atoms with van der Waals surface area (Å²) in [5, 5.41) is 10.2. The molecule has 2 fully saturated rings. The topological polar surface area (TPSA) is 29.5 Å².